The van der Waals surface area contributed by atoms with Crippen molar-refractivity contribution in [3.8, 4) is 0 Å². The van der Waals surface area contributed by atoms with Crippen molar-refractivity contribution in [2.24, 2.45) is 0 Å². The molecule has 1 N–H and O–H groups in total. The number of nitrogens with zero attached hydrogens (tertiary/aromatic N) is 2. The number of ketones is 1. The number of aryl methyl sites for hydroxylation is 1. The third-order valence-electron chi connectivity index (χ3n) is 4.71. The van der Waals surface area contributed by atoms with Crippen molar-refractivity contribution in [1.29, 1.82) is 0 Å². The van der Waals surface area contributed by atoms with E-state index < -0.39 is 11.7 Å². The fourth-order valence-corrected chi connectivity index (χ4v) is 3.25. The minimum atomic E-state index is -0.797. The smallest absolute Gasteiger partial charge is 0.292 e. The van der Waals surface area contributed by atoms with Gasteiger partial charge < -0.3 is 15.1 Å². The van der Waals surface area contributed by atoms with Gasteiger partial charge in [-0.15, -0.1) is 0 Å². The van der Waals surface area contributed by atoms with Gasteiger partial charge >= 0.3 is 0 Å². The Balaban J connectivity index is 1.47. The summed E-state index contributed by atoms with van der Waals surface area (Å²) < 4.78 is 0. The van der Waals surface area contributed by atoms with Gasteiger partial charge in [0.2, 0.25) is 11.7 Å². The van der Waals surface area contributed by atoms with Crippen molar-refractivity contribution in [3.63, 3.8) is 0 Å². The van der Waals surface area contributed by atoms with Crippen molar-refractivity contribution in [2.75, 3.05) is 37.6 Å². The van der Waals surface area contributed by atoms with Crippen LogP contribution in [0, 0.1) is 6.92 Å². The highest BCUT2D eigenvalue weighted by Crippen LogP contribution is 2.17. The van der Waals surface area contributed by atoms with Gasteiger partial charge in [-0.05, 0) is 48.9 Å². The second-order valence-corrected chi connectivity index (χ2v) is 7.16. The van der Waals surface area contributed by atoms with Crippen LogP contribution in [-0.4, -0.2) is 55.2 Å². The normalized spacial score (nSPS) is 13.9. The second kappa shape index (κ2) is 8.89. The molecule has 1 aliphatic heterocycles. The molecule has 0 spiro atoms. The lowest BCUT2D eigenvalue weighted by atomic mass is 10.1. The van der Waals surface area contributed by atoms with Crippen LogP contribution in [0.3, 0.4) is 0 Å². The summed E-state index contributed by atoms with van der Waals surface area (Å²) in [5, 5.41) is 2.90. The zero-order valence-corrected chi connectivity index (χ0v) is 16.4. The number of hydrogen-bond acceptors (Lipinski definition) is 4. The van der Waals surface area contributed by atoms with Crippen molar-refractivity contribution in [1.82, 2.24) is 10.2 Å². The fourth-order valence-electron chi connectivity index (χ4n) is 3.12. The standard InChI is InChI=1S/C21H22ClN3O3/c1-15-3-2-4-18(13-15)24-9-11-25(12-10-24)19(26)14-23-21(28)20(27)16-5-7-17(22)8-6-16/h2-8,13H,9-12,14H2,1H3,(H,23,28). The van der Waals surface area contributed by atoms with E-state index in [2.05, 4.69) is 35.3 Å². The number of amides is 2. The minimum absolute atomic E-state index is 0.192. The largest absolute Gasteiger partial charge is 0.368 e. The maximum Gasteiger partial charge on any atom is 0.292 e. The summed E-state index contributed by atoms with van der Waals surface area (Å²) >= 11 is 5.78. The van der Waals surface area contributed by atoms with Gasteiger partial charge in [-0.3, -0.25) is 14.4 Å². The minimum Gasteiger partial charge on any atom is -0.368 e. The number of Topliss-reactive ketones (excluding diaryl/α,β-unsaturated/α-hetero) is 1. The molecule has 2 aromatic rings. The molecule has 0 unspecified atom stereocenters. The van der Waals surface area contributed by atoms with Gasteiger partial charge in [-0.2, -0.15) is 0 Å². The van der Waals surface area contributed by atoms with E-state index in [1.807, 2.05) is 6.07 Å². The lowest BCUT2D eigenvalue weighted by Crippen LogP contribution is -2.51. The van der Waals surface area contributed by atoms with Crippen LogP contribution in [0.1, 0.15) is 15.9 Å². The Morgan fingerprint density at radius 1 is 1.00 bits per heavy atom. The van der Waals surface area contributed by atoms with E-state index >= 15 is 0 Å². The number of nitrogens with one attached hydrogen (secondary N) is 1. The van der Waals surface area contributed by atoms with Gasteiger partial charge in [0, 0.05) is 42.5 Å². The van der Waals surface area contributed by atoms with Gasteiger partial charge in [0.25, 0.3) is 5.91 Å². The number of carbonyl (C=O) groups is 3. The number of anilines is 1. The molecule has 0 atom stereocenters. The molecule has 0 aliphatic carbocycles. The van der Waals surface area contributed by atoms with E-state index in [1.54, 1.807) is 17.0 Å². The molecule has 28 heavy (non-hydrogen) atoms. The Kier molecular flexibility index (Phi) is 6.31. The molecule has 1 aliphatic rings. The van der Waals surface area contributed by atoms with Crippen molar-refractivity contribution < 1.29 is 14.4 Å². The Morgan fingerprint density at radius 3 is 2.32 bits per heavy atom. The topological polar surface area (TPSA) is 69.7 Å². The molecule has 0 saturated carbocycles. The van der Waals surface area contributed by atoms with Crippen LogP contribution < -0.4 is 10.2 Å². The van der Waals surface area contributed by atoms with E-state index in [-0.39, 0.29) is 18.0 Å². The van der Waals surface area contributed by atoms with Crippen molar-refractivity contribution >= 4 is 34.9 Å². The number of hydrogen-bond donors (Lipinski definition) is 1. The molecule has 0 aromatic heterocycles. The van der Waals surface area contributed by atoms with Gasteiger partial charge in [-0.1, -0.05) is 23.7 Å². The number of rotatable bonds is 5. The summed E-state index contributed by atoms with van der Waals surface area (Å²) in [6, 6.07) is 14.3. The summed E-state index contributed by atoms with van der Waals surface area (Å²) in [5.74, 6) is -1.68. The molecule has 3 rings (SSSR count). The van der Waals surface area contributed by atoms with Crippen LogP contribution in [-0.2, 0) is 9.59 Å². The second-order valence-electron chi connectivity index (χ2n) is 6.73. The van der Waals surface area contributed by atoms with E-state index in [1.165, 1.54) is 17.7 Å². The van der Waals surface area contributed by atoms with Gasteiger partial charge in [0.05, 0.1) is 6.54 Å². The van der Waals surface area contributed by atoms with Crippen molar-refractivity contribution in [2.45, 2.75) is 6.92 Å². The Bertz CT molecular complexity index is 875. The zero-order valence-electron chi connectivity index (χ0n) is 15.7. The Hall–Kier alpha value is -2.86. The summed E-state index contributed by atoms with van der Waals surface area (Å²) in [6.45, 7) is 4.47. The maximum atomic E-state index is 12.4. The third-order valence-corrected chi connectivity index (χ3v) is 4.96. The highest BCUT2D eigenvalue weighted by Gasteiger charge is 2.23. The molecule has 7 heteroatoms. The molecule has 1 saturated heterocycles. The summed E-state index contributed by atoms with van der Waals surface area (Å²) in [4.78, 5) is 40.4. The molecule has 2 aromatic carbocycles. The Labute approximate surface area is 169 Å². The van der Waals surface area contributed by atoms with Gasteiger partial charge in [0.1, 0.15) is 0 Å². The first-order valence-corrected chi connectivity index (χ1v) is 9.49. The number of halogens is 1. The first kappa shape index (κ1) is 19.9. The van der Waals surface area contributed by atoms with Gasteiger partial charge in [0.15, 0.2) is 0 Å². The van der Waals surface area contributed by atoms with Crippen LogP contribution in [0.15, 0.2) is 48.5 Å². The molecule has 1 heterocycles. The maximum absolute atomic E-state index is 12.4. The molecule has 1 fully saturated rings. The summed E-state index contributed by atoms with van der Waals surface area (Å²) in [5.41, 5.74) is 2.58. The summed E-state index contributed by atoms with van der Waals surface area (Å²) in [7, 11) is 0. The SMILES string of the molecule is Cc1cccc(N2CCN(C(=O)CNC(=O)C(=O)c3ccc(Cl)cc3)CC2)c1. The molecule has 6 nitrogen and oxygen atoms in total. The first-order chi connectivity index (χ1) is 13.4. The van der Waals surface area contributed by atoms with E-state index in [9.17, 15) is 14.4 Å². The van der Waals surface area contributed by atoms with Gasteiger partial charge in [-0.25, -0.2) is 0 Å². The fraction of sp³-hybridized carbons (Fsp3) is 0.286. The predicted octanol–water partition coefficient (Wildman–Crippen LogP) is 2.30. The molecular formula is C21H22ClN3O3. The number of benzene rings is 2. The van der Waals surface area contributed by atoms with Crippen LogP contribution in [0.5, 0.6) is 0 Å². The number of carbonyl (C=O) groups excluding carboxylic acids is 3. The van der Waals surface area contributed by atoms with Crippen LogP contribution in [0.25, 0.3) is 0 Å². The highest BCUT2D eigenvalue weighted by atomic mass is 35.5. The van der Waals surface area contributed by atoms with E-state index in [0.29, 0.717) is 18.1 Å². The monoisotopic (exact) mass is 399 g/mol. The van der Waals surface area contributed by atoms with Crippen molar-refractivity contribution in [3.05, 3.63) is 64.7 Å². The molecule has 0 radical (unpaired) electrons. The van der Waals surface area contributed by atoms with Crippen LogP contribution in [0.2, 0.25) is 5.02 Å². The number of piperazine rings is 1. The predicted molar refractivity (Wildman–Crippen MR) is 109 cm³/mol. The average molecular weight is 400 g/mol. The first-order valence-electron chi connectivity index (χ1n) is 9.11. The van der Waals surface area contributed by atoms with E-state index in [4.69, 9.17) is 11.6 Å². The summed E-state index contributed by atoms with van der Waals surface area (Å²) in [6.07, 6.45) is 0. The molecule has 146 valence electrons. The lowest BCUT2D eigenvalue weighted by molar-refractivity contribution is -0.132. The highest BCUT2D eigenvalue weighted by molar-refractivity contribution is 6.43. The third kappa shape index (κ3) is 4.89. The van der Waals surface area contributed by atoms with E-state index in [0.717, 1.165) is 18.8 Å². The molecule has 0 bridgehead atoms. The quantitative estimate of drug-likeness (QED) is 0.618. The average Bonchev–Trinajstić information content (AvgIpc) is 2.72. The lowest BCUT2D eigenvalue weighted by Gasteiger charge is -2.36. The zero-order chi connectivity index (χ0) is 20.1. The molecular weight excluding hydrogens is 378 g/mol. The van der Waals surface area contributed by atoms with Crippen LogP contribution >= 0.6 is 11.6 Å². The molecule has 2 amide bonds. The van der Waals surface area contributed by atoms with Crippen LogP contribution in [0.4, 0.5) is 5.69 Å². The Morgan fingerprint density at radius 2 is 1.68 bits per heavy atom.